The first-order chi connectivity index (χ1) is 12.6. The van der Waals surface area contributed by atoms with Crippen LogP contribution >= 0.6 is 11.8 Å². The molecule has 0 aromatic heterocycles. The zero-order valence-electron chi connectivity index (χ0n) is 14.6. The molecule has 1 aromatic rings. The van der Waals surface area contributed by atoms with Gasteiger partial charge < -0.3 is 29.7 Å². The number of hydrogen-bond acceptors (Lipinski definition) is 8. The second-order valence-corrected chi connectivity index (χ2v) is 6.45. The summed E-state index contributed by atoms with van der Waals surface area (Å²) in [4.78, 5) is 15.2. The number of carboxylic acids is 1. The molecule has 1 aliphatic heterocycles. The van der Waals surface area contributed by atoms with Crippen molar-refractivity contribution >= 4 is 28.5 Å². The Morgan fingerprint density at radius 1 is 1.27 bits per heavy atom. The number of ether oxygens (including phenoxy) is 3. The van der Waals surface area contributed by atoms with E-state index in [0.29, 0.717) is 61.6 Å². The fourth-order valence-electron chi connectivity index (χ4n) is 2.23. The Morgan fingerprint density at radius 2 is 2.00 bits per heavy atom. The van der Waals surface area contributed by atoms with Gasteiger partial charge in [-0.15, -0.1) is 11.8 Å². The van der Waals surface area contributed by atoms with Crippen LogP contribution in [0.5, 0.6) is 5.75 Å². The number of para-hydroxylation sites is 1. The summed E-state index contributed by atoms with van der Waals surface area (Å²) >= 11 is 1.33. The topological polar surface area (TPSA) is 110 Å². The number of nitrogens with one attached hydrogen (secondary N) is 1. The number of aliphatic carboxylic acids is 1. The predicted octanol–water partition coefficient (Wildman–Crippen LogP) is 1.43. The van der Waals surface area contributed by atoms with Crippen LogP contribution in [-0.2, 0) is 19.0 Å². The van der Waals surface area contributed by atoms with E-state index >= 15 is 0 Å². The fraction of sp³-hybridized carbons (Fsp3) is 0.529. The van der Waals surface area contributed by atoms with Gasteiger partial charge in [0.25, 0.3) is 0 Å². The standard InChI is InChI=1S/C17H24N2O6S/c1-23-7-8-25-10-9-24-6-5-18-13-4-2-3-12(15(13)20)16-19-14(11-26-16)17(21)22/h2-4,14,18,20H,5-11H2,1H3,(H,21,22)/t14-/m1/s1. The van der Waals surface area contributed by atoms with Gasteiger partial charge in [-0.1, -0.05) is 6.07 Å². The maximum atomic E-state index is 11.0. The Labute approximate surface area is 156 Å². The highest BCUT2D eigenvalue weighted by Crippen LogP contribution is 2.33. The first-order valence-electron chi connectivity index (χ1n) is 8.27. The molecule has 0 saturated carbocycles. The first-order valence-corrected chi connectivity index (χ1v) is 9.26. The number of aromatic hydroxyl groups is 1. The first kappa shape index (κ1) is 20.5. The van der Waals surface area contributed by atoms with Crippen molar-refractivity contribution < 1.29 is 29.2 Å². The van der Waals surface area contributed by atoms with E-state index in [1.54, 1.807) is 25.3 Å². The number of nitrogens with zero attached hydrogens (tertiary/aromatic N) is 1. The summed E-state index contributed by atoms with van der Waals surface area (Å²) in [5, 5.41) is 23.1. The molecule has 8 nitrogen and oxygen atoms in total. The Balaban J connectivity index is 1.77. The normalized spacial score (nSPS) is 16.5. The molecular weight excluding hydrogens is 360 g/mol. The van der Waals surface area contributed by atoms with Crippen molar-refractivity contribution in [3.05, 3.63) is 23.8 Å². The van der Waals surface area contributed by atoms with E-state index in [1.807, 2.05) is 0 Å². The lowest BCUT2D eigenvalue weighted by atomic mass is 10.2. The second kappa shape index (κ2) is 11.0. The minimum Gasteiger partial charge on any atom is -0.505 e. The molecule has 3 N–H and O–H groups in total. The number of thioether (sulfide) groups is 1. The van der Waals surface area contributed by atoms with Gasteiger partial charge in [-0.2, -0.15) is 0 Å². The van der Waals surface area contributed by atoms with Crippen molar-refractivity contribution in [1.82, 2.24) is 0 Å². The van der Waals surface area contributed by atoms with Crippen LogP contribution in [0.15, 0.2) is 23.2 Å². The number of carboxylic acid groups (broad SMARTS) is 1. The molecule has 144 valence electrons. The van der Waals surface area contributed by atoms with E-state index in [1.165, 1.54) is 11.8 Å². The average molecular weight is 384 g/mol. The maximum Gasteiger partial charge on any atom is 0.329 e. The monoisotopic (exact) mass is 384 g/mol. The van der Waals surface area contributed by atoms with Crippen molar-refractivity contribution in [3.63, 3.8) is 0 Å². The van der Waals surface area contributed by atoms with Gasteiger partial charge in [0.15, 0.2) is 6.04 Å². The van der Waals surface area contributed by atoms with Crippen LogP contribution in [0, 0.1) is 0 Å². The van der Waals surface area contributed by atoms with Crippen molar-refractivity contribution in [3.8, 4) is 5.75 Å². The molecule has 2 rings (SSSR count). The highest BCUT2D eigenvalue weighted by atomic mass is 32.2. The smallest absolute Gasteiger partial charge is 0.329 e. The van der Waals surface area contributed by atoms with Crippen LogP contribution in [0.4, 0.5) is 5.69 Å². The second-order valence-electron chi connectivity index (χ2n) is 5.45. The quantitative estimate of drug-likeness (QED) is 0.367. The number of carbonyl (C=O) groups is 1. The average Bonchev–Trinajstić information content (AvgIpc) is 3.12. The maximum absolute atomic E-state index is 11.0. The SMILES string of the molecule is COCCOCCOCCNc1cccc(C2=N[C@@H](C(=O)O)CS2)c1O. The summed E-state index contributed by atoms with van der Waals surface area (Å²) in [5.74, 6) is -0.514. The third-order valence-electron chi connectivity index (χ3n) is 3.57. The summed E-state index contributed by atoms with van der Waals surface area (Å²) in [7, 11) is 1.62. The molecule has 0 fully saturated rings. The van der Waals surface area contributed by atoms with E-state index in [9.17, 15) is 9.90 Å². The minimum absolute atomic E-state index is 0.0627. The number of methoxy groups -OCH3 is 1. The van der Waals surface area contributed by atoms with Crippen molar-refractivity contribution in [1.29, 1.82) is 0 Å². The van der Waals surface area contributed by atoms with Gasteiger partial charge in [0, 0.05) is 19.4 Å². The predicted molar refractivity (Wildman–Crippen MR) is 101 cm³/mol. The third kappa shape index (κ3) is 6.17. The molecule has 0 bridgehead atoms. The van der Waals surface area contributed by atoms with Crippen LogP contribution < -0.4 is 5.32 Å². The zero-order chi connectivity index (χ0) is 18.8. The number of rotatable bonds is 12. The van der Waals surface area contributed by atoms with Gasteiger partial charge in [0.05, 0.1) is 44.3 Å². The minimum atomic E-state index is -0.954. The molecule has 1 aromatic carbocycles. The van der Waals surface area contributed by atoms with Gasteiger partial charge in [0.2, 0.25) is 0 Å². The molecule has 0 unspecified atom stereocenters. The summed E-state index contributed by atoms with van der Waals surface area (Å²) in [6, 6.07) is 4.51. The molecular formula is C17H24N2O6S. The lowest BCUT2D eigenvalue weighted by molar-refractivity contribution is -0.137. The molecule has 9 heteroatoms. The van der Waals surface area contributed by atoms with E-state index in [4.69, 9.17) is 19.3 Å². The number of aliphatic imine (C=N–C) groups is 1. The van der Waals surface area contributed by atoms with Gasteiger partial charge in [-0.25, -0.2) is 4.79 Å². The Bertz CT molecular complexity index is 625. The van der Waals surface area contributed by atoms with Gasteiger partial charge in [0.1, 0.15) is 10.8 Å². The molecule has 1 heterocycles. The lowest BCUT2D eigenvalue weighted by Gasteiger charge is -2.12. The molecule has 1 atom stereocenters. The molecule has 0 saturated heterocycles. The Morgan fingerprint density at radius 3 is 2.69 bits per heavy atom. The number of phenolic OH excluding ortho intramolecular Hbond substituents is 1. The molecule has 0 aliphatic carbocycles. The van der Waals surface area contributed by atoms with Gasteiger partial charge in [-0.05, 0) is 12.1 Å². The number of benzene rings is 1. The van der Waals surface area contributed by atoms with E-state index in [2.05, 4.69) is 10.3 Å². The summed E-state index contributed by atoms with van der Waals surface area (Å²) in [5.41, 5.74) is 1.10. The van der Waals surface area contributed by atoms with Gasteiger partial charge in [-0.3, -0.25) is 4.99 Å². The van der Waals surface area contributed by atoms with E-state index in [-0.39, 0.29) is 5.75 Å². The summed E-state index contributed by atoms with van der Waals surface area (Å²) in [6.45, 7) is 3.09. The van der Waals surface area contributed by atoms with Gasteiger partial charge >= 0.3 is 5.97 Å². The zero-order valence-corrected chi connectivity index (χ0v) is 15.5. The lowest BCUT2D eigenvalue weighted by Crippen LogP contribution is -2.17. The molecule has 0 spiro atoms. The fourth-order valence-corrected chi connectivity index (χ4v) is 3.28. The van der Waals surface area contributed by atoms with E-state index < -0.39 is 12.0 Å². The molecule has 1 aliphatic rings. The van der Waals surface area contributed by atoms with Crippen LogP contribution in [0.3, 0.4) is 0 Å². The Hall–Kier alpha value is -1.81. The highest BCUT2D eigenvalue weighted by Gasteiger charge is 2.26. The van der Waals surface area contributed by atoms with Crippen molar-refractivity contribution in [2.24, 2.45) is 4.99 Å². The largest absolute Gasteiger partial charge is 0.505 e. The van der Waals surface area contributed by atoms with E-state index in [0.717, 1.165) is 0 Å². The summed E-state index contributed by atoms with van der Waals surface area (Å²) < 4.78 is 15.6. The van der Waals surface area contributed by atoms with Crippen LogP contribution in [0.25, 0.3) is 0 Å². The number of anilines is 1. The number of hydrogen-bond donors (Lipinski definition) is 3. The Kier molecular flexibility index (Phi) is 8.69. The highest BCUT2D eigenvalue weighted by molar-refractivity contribution is 8.14. The van der Waals surface area contributed by atoms with Crippen LogP contribution in [0.2, 0.25) is 0 Å². The van der Waals surface area contributed by atoms with Crippen molar-refractivity contribution in [2.45, 2.75) is 6.04 Å². The van der Waals surface area contributed by atoms with Crippen LogP contribution in [-0.4, -0.2) is 79.7 Å². The van der Waals surface area contributed by atoms with Crippen LogP contribution in [0.1, 0.15) is 5.56 Å². The van der Waals surface area contributed by atoms with Crippen molar-refractivity contribution in [2.75, 3.05) is 57.8 Å². The summed E-state index contributed by atoms with van der Waals surface area (Å²) in [6.07, 6.45) is 0. The molecule has 0 amide bonds. The molecule has 26 heavy (non-hydrogen) atoms. The molecule has 0 radical (unpaired) electrons. The number of phenols is 1. The third-order valence-corrected chi connectivity index (χ3v) is 4.65.